The first kappa shape index (κ1) is 28.3. The van der Waals surface area contributed by atoms with Crippen LogP contribution < -0.4 is 0 Å². The van der Waals surface area contributed by atoms with Crippen LogP contribution in [0.15, 0.2) is 103 Å². The summed E-state index contributed by atoms with van der Waals surface area (Å²) in [5, 5.41) is 0. The van der Waals surface area contributed by atoms with Crippen LogP contribution in [0.2, 0.25) is 0 Å². The molecule has 0 bridgehead atoms. The number of hydrogen-bond donors (Lipinski definition) is 0. The van der Waals surface area contributed by atoms with Crippen molar-refractivity contribution in [3.05, 3.63) is 142 Å². The van der Waals surface area contributed by atoms with Crippen LogP contribution in [0.5, 0.6) is 0 Å². The molecule has 0 spiro atoms. The van der Waals surface area contributed by atoms with E-state index >= 15 is 0 Å². The van der Waals surface area contributed by atoms with Gasteiger partial charge in [0.1, 0.15) is 0 Å². The Morgan fingerprint density at radius 3 is 1.14 bits per heavy atom. The molecule has 0 unspecified atom stereocenters. The molecule has 5 aromatic carbocycles. The van der Waals surface area contributed by atoms with Crippen molar-refractivity contribution in [1.29, 1.82) is 0 Å². The van der Waals surface area contributed by atoms with Crippen LogP contribution in [-0.4, -0.2) is 9.97 Å². The maximum Gasteiger partial charge on any atom is 0.160 e. The van der Waals surface area contributed by atoms with E-state index in [-0.39, 0.29) is 0 Å². The molecule has 0 aliphatic rings. The Balaban J connectivity index is 1.45. The van der Waals surface area contributed by atoms with E-state index in [0.29, 0.717) is 0 Å². The summed E-state index contributed by atoms with van der Waals surface area (Å²) in [5.74, 6) is 0.735. The summed E-state index contributed by atoms with van der Waals surface area (Å²) in [6.45, 7) is 15.1. The fourth-order valence-electron chi connectivity index (χ4n) is 5.69. The lowest BCUT2D eigenvalue weighted by Crippen LogP contribution is -1.97. The first-order valence-electron chi connectivity index (χ1n) is 15.0. The second-order valence-corrected chi connectivity index (χ2v) is 12.0. The highest BCUT2D eigenvalue weighted by Crippen LogP contribution is 2.34. The molecule has 43 heavy (non-hydrogen) atoms. The number of aromatic nitrogens is 2. The van der Waals surface area contributed by atoms with E-state index in [9.17, 15) is 0 Å². The molecule has 212 valence electrons. The lowest BCUT2D eigenvalue weighted by Gasteiger charge is -2.14. The predicted octanol–water partition coefficient (Wildman–Crippen LogP) is 11.0. The fourth-order valence-corrected chi connectivity index (χ4v) is 5.69. The standard InChI is InChI=1S/C41H38N2/c1-25-8-12-32(13-9-25)41-42-39(35-16-18-37(30(6)22-35)33-14-10-26(2)28(4)20-33)24-40(43-41)36-17-19-38(31(7)23-36)34-15-11-27(3)29(5)21-34/h8-24H,1-7H3. The largest absolute Gasteiger partial charge is 0.228 e. The maximum atomic E-state index is 5.09. The summed E-state index contributed by atoms with van der Waals surface area (Å²) in [4.78, 5) is 10.2. The topological polar surface area (TPSA) is 25.8 Å². The van der Waals surface area contributed by atoms with Gasteiger partial charge in [0, 0.05) is 16.7 Å². The van der Waals surface area contributed by atoms with E-state index in [2.05, 4.69) is 152 Å². The minimum Gasteiger partial charge on any atom is -0.228 e. The van der Waals surface area contributed by atoms with Gasteiger partial charge in [-0.05, 0) is 122 Å². The van der Waals surface area contributed by atoms with E-state index in [1.54, 1.807) is 0 Å². The van der Waals surface area contributed by atoms with Crippen LogP contribution in [0.25, 0.3) is 56.2 Å². The Kier molecular flexibility index (Phi) is 7.54. The summed E-state index contributed by atoms with van der Waals surface area (Å²) in [6.07, 6.45) is 0. The van der Waals surface area contributed by atoms with Gasteiger partial charge >= 0.3 is 0 Å². The van der Waals surface area contributed by atoms with Crippen LogP contribution in [0.4, 0.5) is 0 Å². The van der Waals surface area contributed by atoms with Crippen molar-refractivity contribution in [2.45, 2.75) is 48.5 Å². The van der Waals surface area contributed by atoms with Gasteiger partial charge in [0.05, 0.1) is 11.4 Å². The Labute approximate surface area is 256 Å². The Morgan fingerprint density at radius 2 is 0.721 bits per heavy atom. The summed E-state index contributed by atoms with van der Waals surface area (Å²) < 4.78 is 0. The third kappa shape index (κ3) is 5.79. The smallest absolute Gasteiger partial charge is 0.160 e. The SMILES string of the molecule is Cc1ccc(-c2nc(-c3ccc(-c4ccc(C)c(C)c4)c(C)c3)cc(-c3ccc(-c4ccc(C)c(C)c4)c(C)c3)n2)cc1. The summed E-state index contributed by atoms with van der Waals surface area (Å²) >= 11 is 0. The maximum absolute atomic E-state index is 5.09. The van der Waals surface area contributed by atoms with Gasteiger partial charge < -0.3 is 0 Å². The molecule has 6 aromatic rings. The predicted molar refractivity (Wildman–Crippen MR) is 182 cm³/mol. The molecule has 0 N–H and O–H groups in total. The van der Waals surface area contributed by atoms with Gasteiger partial charge in [0.15, 0.2) is 5.82 Å². The molecule has 0 radical (unpaired) electrons. The van der Waals surface area contributed by atoms with Crippen LogP contribution in [0.1, 0.15) is 38.9 Å². The van der Waals surface area contributed by atoms with Gasteiger partial charge in [0.2, 0.25) is 0 Å². The van der Waals surface area contributed by atoms with Crippen molar-refractivity contribution in [2.75, 3.05) is 0 Å². The number of hydrogen-bond acceptors (Lipinski definition) is 2. The van der Waals surface area contributed by atoms with Gasteiger partial charge in [-0.3, -0.25) is 0 Å². The highest BCUT2D eigenvalue weighted by molar-refractivity contribution is 5.78. The van der Waals surface area contributed by atoms with Crippen LogP contribution >= 0.6 is 0 Å². The van der Waals surface area contributed by atoms with Crippen molar-refractivity contribution in [3.63, 3.8) is 0 Å². The molecule has 0 aliphatic carbocycles. The van der Waals surface area contributed by atoms with E-state index in [0.717, 1.165) is 33.9 Å². The van der Waals surface area contributed by atoms with Crippen LogP contribution in [0.3, 0.4) is 0 Å². The number of aryl methyl sites for hydroxylation is 7. The molecule has 1 heterocycles. The van der Waals surface area contributed by atoms with Crippen molar-refractivity contribution in [2.24, 2.45) is 0 Å². The molecule has 6 rings (SSSR count). The normalized spacial score (nSPS) is 11.1. The van der Waals surface area contributed by atoms with E-state index in [1.807, 2.05) is 0 Å². The van der Waals surface area contributed by atoms with E-state index < -0.39 is 0 Å². The zero-order valence-corrected chi connectivity index (χ0v) is 26.2. The Bertz CT molecular complexity index is 1860. The monoisotopic (exact) mass is 558 g/mol. The van der Waals surface area contributed by atoms with Crippen molar-refractivity contribution in [1.82, 2.24) is 9.97 Å². The van der Waals surface area contributed by atoms with E-state index in [1.165, 1.54) is 61.2 Å². The molecule has 0 amide bonds. The number of nitrogens with zero attached hydrogens (tertiary/aromatic N) is 2. The van der Waals surface area contributed by atoms with Crippen molar-refractivity contribution >= 4 is 0 Å². The highest BCUT2D eigenvalue weighted by Gasteiger charge is 2.14. The molecule has 2 nitrogen and oxygen atoms in total. The third-order valence-electron chi connectivity index (χ3n) is 8.72. The number of rotatable bonds is 5. The Morgan fingerprint density at radius 1 is 0.326 bits per heavy atom. The molecule has 0 saturated heterocycles. The molecule has 1 aromatic heterocycles. The average Bonchev–Trinajstić information content (AvgIpc) is 3.00. The number of benzene rings is 5. The van der Waals surface area contributed by atoms with Crippen molar-refractivity contribution in [3.8, 4) is 56.2 Å². The minimum atomic E-state index is 0.735. The van der Waals surface area contributed by atoms with Crippen LogP contribution in [0, 0.1) is 48.5 Å². The van der Waals surface area contributed by atoms with Gasteiger partial charge in [-0.2, -0.15) is 0 Å². The first-order chi connectivity index (χ1) is 20.7. The zero-order chi connectivity index (χ0) is 30.2. The van der Waals surface area contributed by atoms with Crippen molar-refractivity contribution < 1.29 is 0 Å². The molecule has 0 atom stereocenters. The highest BCUT2D eigenvalue weighted by atomic mass is 14.9. The van der Waals surface area contributed by atoms with Gasteiger partial charge in [-0.15, -0.1) is 0 Å². The molecular formula is C41H38N2. The van der Waals surface area contributed by atoms with Crippen LogP contribution in [-0.2, 0) is 0 Å². The fraction of sp³-hybridized carbons (Fsp3) is 0.171. The lowest BCUT2D eigenvalue weighted by atomic mass is 9.94. The second kappa shape index (κ2) is 11.5. The van der Waals surface area contributed by atoms with Gasteiger partial charge in [-0.25, -0.2) is 9.97 Å². The first-order valence-corrected chi connectivity index (χ1v) is 15.0. The van der Waals surface area contributed by atoms with Gasteiger partial charge in [0.25, 0.3) is 0 Å². The summed E-state index contributed by atoms with van der Waals surface area (Å²) in [7, 11) is 0. The quantitative estimate of drug-likeness (QED) is 0.210. The molecule has 0 saturated carbocycles. The zero-order valence-electron chi connectivity index (χ0n) is 26.2. The third-order valence-corrected chi connectivity index (χ3v) is 8.72. The molecular weight excluding hydrogens is 520 g/mol. The second-order valence-electron chi connectivity index (χ2n) is 12.0. The minimum absolute atomic E-state index is 0.735. The Hall–Kier alpha value is -4.82. The van der Waals surface area contributed by atoms with Gasteiger partial charge in [-0.1, -0.05) is 90.5 Å². The summed E-state index contributed by atoms with van der Waals surface area (Å²) in [5.41, 5.74) is 18.9. The molecule has 0 fully saturated rings. The average molecular weight is 559 g/mol. The summed E-state index contributed by atoms with van der Waals surface area (Å²) in [6, 6.07) is 37.3. The molecule has 0 aliphatic heterocycles. The molecule has 2 heteroatoms. The lowest BCUT2D eigenvalue weighted by molar-refractivity contribution is 1.18. The van der Waals surface area contributed by atoms with E-state index in [4.69, 9.17) is 9.97 Å².